The molecule has 0 fully saturated rings. The highest BCUT2D eigenvalue weighted by Crippen LogP contribution is 2.25. The molecule has 2 rings (SSSR count). The van der Waals surface area contributed by atoms with Crippen molar-refractivity contribution in [3.05, 3.63) is 53.6 Å². The van der Waals surface area contributed by atoms with Gasteiger partial charge in [0.1, 0.15) is 11.6 Å². The van der Waals surface area contributed by atoms with Crippen LogP contribution in [-0.4, -0.2) is 18.6 Å². The minimum atomic E-state index is -0.343. The number of nitrogens with two attached hydrogens (primary N) is 1. The average Bonchev–Trinajstić information content (AvgIpc) is 2.47. The highest BCUT2D eigenvalue weighted by atomic mass is 19.1. The lowest BCUT2D eigenvalue weighted by Gasteiger charge is -2.19. The summed E-state index contributed by atoms with van der Waals surface area (Å²) >= 11 is 0. The lowest BCUT2D eigenvalue weighted by Crippen LogP contribution is -2.21. The topological polar surface area (TPSA) is 60.2 Å². The average molecular weight is 275 g/mol. The number of benzene rings is 1. The van der Waals surface area contributed by atoms with Crippen molar-refractivity contribution in [2.45, 2.75) is 13.0 Å². The van der Waals surface area contributed by atoms with Crippen molar-refractivity contribution in [1.82, 2.24) is 4.98 Å². The van der Waals surface area contributed by atoms with Gasteiger partial charge in [0, 0.05) is 24.5 Å². The first-order valence-electron chi connectivity index (χ1n) is 6.36. The van der Waals surface area contributed by atoms with Crippen LogP contribution in [0.4, 0.5) is 10.1 Å². The fraction of sp³-hybridized carbons (Fsp3) is 0.267. The Balaban J connectivity index is 2.23. The molecule has 0 radical (unpaired) electrons. The molecular formula is C15H18FN3O. The molecule has 1 atom stereocenters. The van der Waals surface area contributed by atoms with Gasteiger partial charge in [-0.15, -0.1) is 0 Å². The summed E-state index contributed by atoms with van der Waals surface area (Å²) in [5.74, 6) is 0.246. The normalized spacial score (nSPS) is 12.0. The van der Waals surface area contributed by atoms with Crippen molar-refractivity contribution < 1.29 is 9.13 Å². The van der Waals surface area contributed by atoms with E-state index in [-0.39, 0.29) is 11.9 Å². The highest BCUT2D eigenvalue weighted by Gasteiger charge is 2.13. The molecule has 1 unspecified atom stereocenters. The molecule has 0 saturated heterocycles. The number of hydrogen-bond donors (Lipinski definition) is 2. The van der Waals surface area contributed by atoms with E-state index in [1.54, 1.807) is 25.4 Å². The number of nitrogens with zero attached hydrogens (tertiary/aromatic N) is 1. The van der Waals surface area contributed by atoms with Gasteiger partial charge in [-0.25, -0.2) is 4.39 Å². The standard InChI is InChI=1S/C15H18FN3O/c1-10-3-4-11(9-18-10)15(8-17)19-14-7-12(20-2)5-6-13(14)16/h3-7,9,15,19H,8,17H2,1-2H3. The maximum absolute atomic E-state index is 13.8. The van der Waals surface area contributed by atoms with Crippen LogP contribution in [-0.2, 0) is 0 Å². The summed E-state index contributed by atoms with van der Waals surface area (Å²) in [5.41, 5.74) is 7.97. The van der Waals surface area contributed by atoms with Gasteiger partial charge in [0.25, 0.3) is 0 Å². The molecule has 5 heteroatoms. The lowest BCUT2D eigenvalue weighted by molar-refractivity contribution is 0.414. The number of anilines is 1. The van der Waals surface area contributed by atoms with Crippen LogP contribution in [0.5, 0.6) is 5.75 Å². The molecule has 1 aromatic carbocycles. The van der Waals surface area contributed by atoms with Gasteiger partial charge < -0.3 is 15.8 Å². The molecule has 106 valence electrons. The molecule has 3 N–H and O–H groups in total. The van der Waals surface area contributed by atoms with Crippen LogP contribution in [0.3, 0.4) is 0 Å². The van der Waals surface area contributed by atoms with Gasteiger partial charge >= 0.3 is 0 Å². The number of aryl methyl sites for hydroxylation is 1. The summed E-state index contributed by atoms with van der Waals surface area (Å²) in [6.07, 6.45) is 1.75. The van der Waals surface area contributed by atoms with Crippen molar-refractivity contribution in [1.29, 1.82) is 0 Å². The summed E-state index contributed by atoms with van der Waals surface area (Å²) in [4.78, 5) is 4.23. The second-order valence-electron chi connectivity index (χ2n) is 4.51. The molecule has 0 bridgehead atoms. The molecule has 0 aliphatic rings. The minimum absolute atomic E-state index is 0.204. The number of rotatable bonds is 5. The zero-order valence-electron chi connectivity index (χ0n) is 11.6. The van der Waals surface area contributed by atoms with Crippen molar-refractivity contribution in [2.75, 3.05) is 19.0 Å². The molecule has 4 nitrogen and oxygen atoms in total. The van der Waals surface area contributed by atoms with Crippen LogP contribution in [0.15, 0.2) is 36.5 Å². The smallest absolute Gasteiger partial charge is 0.146 e. The number of pyridine rings is 1. The first-order valence-corrected chi connectivity index (χ1v) is 6.36. The molecular weight excluding hydrogens is 257 g/mol. The Hall–Kier alpha value is -2.14. The number of aromatic nitrogens is 1. The molecule has 0 aliphatic heterocycles. The van der Waals surface area contributed by atoms with Crippen molar-refractivity contribution in [3.63, 3.8) is 0 Å². The molecule has 0 spiro atoms. The van der Waals surface area contributed by atoms with Gasteiger partial charge in [0.15, 0.2) is 0 Å². The summed E-state index contributed by atoms with van der Waals surface area (Å²) in [6, 6.07) is 8.18. The summed E-state index contributed by atoms with van der Waals surface area (Å²) < 4.78 is 18.9. The van der Waals surface area contributed by atoms with Gasteiger partial charge in [-0.05, 0) is 30.7 Å². The quantitative estimate of drug-likeness (QED) is 0.880. The predicted octanol–water partition coefficient (Wildman–Crippen LogP) is 2.65. The molecule has 0 aliphatic carbocycles. The van der Waals surface area contributed by atoms with E-state index in [0.717, 1.165) is 11.3 Å². The SMILES string of the molecule is COc1ccc(F)c(NC(CN)c2ccc(C)nc2)c1. The van der Waals surface area contributed by atoms with Crippen molar-refractivity contribution in [3.8, 4) is 5.75 Å². The largest absolute Gasteiger partial charge is 0.497 e. The first-order chi connectivity index (χ1) is 9.63. The van der Waals surface area contributed by atoms with Gasteiger partial charge in [0.05, 0.1) is 18.8 Å². The number of hydrogen-bond acceptors (Lipinski definition) is 4. The number of nitrogens with one attached hydrogen (secondary N) is 1. The Morgan fingerprint density at radius 3 is 2.75 bits per heavy atom. The maximum atomic E-state index is 13.8. The number of ether oxygens (including phenoxy) is 1. The van der Waals surface area contributed by atoms with Gasteiger partial charge in [0.2, 0.25) is 0 Å². The van der Waals surface area contributed by atoms with Crippen LogP contribution in [0.1, 0.15) is 17.3 Å². The van der Waals surface area contributed by atoms with Crippen molar-refractivity contribution >= 4 is 5.69 Å². The van der Waals surface area contributed by atoms with Crippen molar-refractivity contribution in [2.24, 2.45) is 5.73 Å². The Kier molecular flexibility index (Phi) is 4.53. The third-order valence-corrected chi connectivity index (χ3v) is 3.08. The second kappa shape index (κ2) is 6.34. The lowest BCUT2D eigenvalue weighted by atomic mass is 10.1. The molecule has 20 heavy (non-hydrogen) atoms. The van der Waals surface area contributed by atoms with E-state index in [9.17, 15) is 4.39 Å². The Bertz CT molecular complexity index is 572. The summed E-state index contributed by atoms with van der Waals surface area (Å²) in [6.45, 7) is 2.25. The zero-order valence-corrected chi connectivity index (χ0v) is 11.6. The number of halogens is 1. The maximum Gasteiger partial charge on any atom is 0.146 e. The van der Waals surface area contributed by atoms with Crippen LogP contribution >= 0.6 is 0 Å². The Labute approximate surface area is 117 Å². The van der Waals surface area contributed by atoms with E-state index >= 15 is 0 Å². The zero-order chi connectivity index (χ0) is 14.5. The van der Waals surface area contributed by atoms with Crippen LogP contribution < -0.4 is 15.8 Å². The van der Waals surface area contributed by atoms with Crippen LogP contribution in [0.25, 0.3) is 0 Å². The van der Waals surface area contributed by atoms with Crippen LogP contribution in [0.2, 0.25) is 0 Å². The summed E-state index contributed by atoms with van der Waals surface area (Å²) in [7, 11) is 1.54. The van der Waals surface area contributed by atoms with Crippen LogP contribution in [0, 0.1) is 12.7 Å². The molecule has 0 amide bonds. The van der Waals surface area contributed by atoms with Gasteiger partial charge in [-0.3, -0.25) is 4.98 Å². The van der Waals surface area contributed by atoms with E-state index < -0.39 is 0 Å². The van der Waals surface area contributed by atoms with E-state index in [1.165, 1.54) is 6.07 Å². The van der Waals surface area contributed by atoms with E-state index in [0.29, 0.717) is 18.0 Å². The molecule has 1 heterocycles. The first kappa shape index (κ1) is 14.3. The molecule has 0 saturated carbocycles. The highest BCUT2D eigenvalue weighted by molar-refractivity contribution is 5.51. The fourth-order valence-electron chi connectivity index (χ4n) is 1.89. The minimum Gasteiger partial charge on any atom is -0.497 e. The third-order valence-electron chi connectivity index (χ3n) is 3.08. The molecule has 1 aromatic heterocycles. The van der Waals surface area contributed by atoms with E-state index in [4.69, 9.17) is 10.5 Å². The Morgan fingerprint density at radius 2 is 2.15 bits per heavy atom. The van der Waals surface area contributed by atoms with E-state index in [2.05, 4.69) is 10.3 Å². The predicted molar refractivity (Wildman–Crippen MR) is 77.3 cm³/mol. The van der Waals surface area contributed by atoms with E-state index in [1.807, 2.05) is 19.1 Å². The summed E-state index contributed by atoms with van der Waals surface area (Å²) in [5, 5.41) is 3.09. The monoisotopic (exact) mass is 275 g/mol. The fourth-order valence-corrected chi connectivity index (χ4v) is 1.89. The molecule has 2 aromatic rings. The second-order valence-corrected chi connectivity index (χ2v) is 4.51. The Morgan fingerprint density at radius 1 is 1.35 bits per heavy atom. The van der Waals surface area contributed by atoms with Gasteiger partial charge in [-0.1, -0.05) is 6.07 Å². The number of methoxy groups -OCH3 is 1. The van der Waals surface area contributed by atoms with Gasteiger partial charge in [-0.2, -0.15) is 0 Å². The third kappa shape index (κ3) is 3.24.